The summed E-state index contributed by atoms with van der Waals surface area (Å²) in [4.78, 5) is 15.4. The van der Waals surface area contributed by atoms with Gasteiger partial charge in [-0.3, -0.25) is 4.79 Å². The molecule has 32 heavy (non-hydrogen) atoms. The van der Waals surface area contributed by atoms with E-state index in [1.807, 2.05) is 27.7 Å². The fourth-order valence-electron chi connectivity index (χ4n) is 3.49. The molecule has 10 heteroatoms. The number of amides is 1. The van der Waals surface area contributed by atoms with Crippen LogP contribution in [0, 0.1) is 23.2 Å². The zero-order valence-electron chi connectivity index (χ0n) is 18.8. The van der Waals surface area contributed by atoms with Crippen molar-refractivity contribution in [2.45, 2.75) is 59.4 Å². The zero-order chi connectivity index (χ0) is 24.9. The highest BCUT2D eigenvalue weighted by molar-refractivity contribution is 5.85. The smallest absolute Gasteiger partial charge is 0.350 e. The van der Waals surface area contributed by atoms with Crippen LogP contribution >= 0.6 is 0 Å². The summed E-state index contributed by atoms with van der Waals surface area (Å²) in [5.41, 5.74) is -2.45. The predicted molar refractivity (Wildman–Crippen MR) is 110 cm³/mol. The standard InChI is InChI=1S/C22H29F6N3O/c1-6-19(20(32)30(11-14(2)3)12-15(4)5)31(13-21(23,24)25)17-8-7-16(10-29)18(9-17)22(26,27)28/h7-9,14-15,19H,6,11-13H2,1-5H3. The lowest BCUT2D eigenvalue weighted by Gasteiger charge is -2.37. The highest BCUT2D eigenvalue weighted by Crippen LogP contribution is 2.36. The topological polar surface area (TPSA) is 47.3 Å². The molecular weight excluding hydrogens is 436 g/mol. The second-order valence-electron chi connectivity index (χ2n) is 8.54. The van der Waals surface area contributed by atoms with Crippen molar-refractivity contribution >= 4 is 11.6 Å². The maximum Gasteiger partial charge on any atom is 0.417 e. The van der Waals surface area contributed by atoms with E-state index in [1.54, 1.807) is 0 Å². The van der Waals surface area contributed by atoms with Gasteiger partial charge in [0.15, 0.2) is 0 Å². The quantitative estimate of drug-likeness (QED) is 0.429. The van der Waals surface area contributed by atoms with Crippen molar-refractivity contribution in [1.82, 2.24) is 4.90 Å². The van der Waals surface area contributed by atoms with Gasteiger partial charge >= 0.3 is 12.4 Å². The van der Waals surface area contributed by atoms with Gasteiger partial charge in [0, 0.05) is 18.8 Å². The van der Waals surface area contributed by atoms with Crippen molar-refractivity contribution < 1.29 is 31.1 Å². The number of hydrogen-bond acceptors (Lipinski definition) is 3. The summed E-state index contributed by atoms with van der Waals surface area (Å²) in [5, 5.41) is 8.98. The van der Waals surface area contributed by atoms with Crippen LogP contribution in [0.3, 0.4) is 0 Å². The summed E-state index contributed by atoms with van der Waals surface area (Å²) < 4.78 is 80.5. The molecule has 0 aliphatic carbocycles. The molecule has 1 atom stereocenters. The lowest BCUT2D eigenvalue weighted by molar-refractivity contribution is -0.137. The minimum atomic E-state index is -4.93. The molecule has 0 bridgehead atoms. The molecule has 1 aromatic carbocycles. The van der Waals surface area contributed by atoms with E-state index in [4.69, 9.17) is 5.26 Å². The molecule has 0 aliphatic rings. The predicted octanol–water partition coefficient (Wildman–Crippen LogP) is 5.86. The van der Waals surface area contributed by atoms with Crippen LogP contribution in [0.2, 0.25) is 0 Å². The lowest BCUT2D eigenvalue weighted by atomic mass is 10.0. The number of hydrogen-bond donors (Lipinski definition) is 0. The lowest BCUT2D eigenvalue weighted by Crippen LogP contribution is -2.52. The third-order valence-corrected chi connectivity index (χ3v) is 4.64. The fourth-order valence-corrected chi connectivity index (χ4v) is 3.49. The first kappa shape index (κ1) is 27.6. The number of anilines is 1. The van der Waals surface area contributed by atoms with E-state index < -0.39 is 47.7 Å². The number of halogens is 6. The molecule has 180 valence electrons. The third-order valence-electron chi connectivity index (χ3n) is 4.64. The van der Waals surface area contributed by atoms with Gasteiger partial charge in [-0.05, 0) is 36.5 Å². The molecule has 0 spiro atoms. The van der Waals surface area contributed by atoms with Gasteiger partial charge in [0.1, 0.15) is 12.6 Å². The Labute approximate surface area is 184 Å². The van der Waals surface area contributed by atoms with E-state index >= 15 is 0 Å². The van der Waals surface area contributed by atoms with Crippen molar-refractivity contribution in [1.29, 1.82) is 5.26 Å². The van der Waals surface area contributed by atoms with Gasteiger partial charge in [-0.15, -0.1) is 0 Å². The molecule has 1 rings (SSSR count). The normalized spacial score (nSPS) is 13.2. The number of benzene rings is 1. The Morgan fingerprint density at radius 3 is 1.94 bits per heavy atom. The Morgan fingerprint density at radius 1 is 1.03 bits per heavy atom. The van der Waals surface area contributed by atoms with E-state index in [0.29, 0.717) is 24.1 Å². The van der Waals surface area contributed by atoms with Gasteiger partial charge in [0.25, 0.3) is 0 Å². The van der Waals surface area contributed by atoms with Crippen molar-refractivity contribution in [3.8, 4) is 6.07 Å². The maximum atomic E-state index is 13.4. The molecule has 0 radical (unpaired) electrons. The van der Waals surface area contributed by atoms with Crippen LogP contribution in [0.4, 0.5) is 32.0 Å². The molecule has 0 aromatic heterocycles. The fraction of sp³-hybridized carbons (Fsp3) is 0.636. The Hall–Kier alpha value is -2.44. The molecule has 1 aromatic rings. The molecule has 0 fully saturated rings. The van der Waals surface area contributed by atoms with E-state index in [0.717, 1.165) is 12.1 Å². The van der Waals surface area contributed by atoms with Gasteiger partial charge in [-0.25, -0.2) is 0 Å². The van der Waals surface area contributed by atoms with Crippen LogP contribution in [0.25, 0.3) is 0 Å². The van der Waals surface area contributed by atoms with Crippen molar-refractivity contribution in [2.75, 3.05) is 24.5 Å². The van der Waals surface area contributed by atoms with Gasteiger partial charge in [-0.2, -0.15) is 31.6 Å². The number of rotatable bonds is 9. The highest BCUT2D eigenvalue weighted by atomic mass is 19.4. The van der Waals surface area contributed by atoms with Gasteiger partial charge in [0.2, 0.25) is 5.91 Å². The van der Waals surface area contributed by atoms with E-state index in [9.17, 15) is 31.1 Å². The van der Waals surface area contributed by atoms with Crippen molar-refractivity contribution in [3.05, 3.63) is 29.3 Å². The Balaban J connectivity index is 3.56. The first-order valence-corrected chi connectivity index (χ1v) is 10.3. The summed E-state index contributed by atoms with van der Waals surface area (Å²) in [7, 11) is 0. The van der Waals surface area contributed by atoms with Crippen LogP contribution in [-0.4, -0.2) is 42.7 Å². The van der Waals surface area contributed by atoms with E-state index in [-0.39, 0.29) is 18.3 Å². The molecular formula is C22H29F6N3O. The SMILES string of the molecule is CCC(C(=O)N(CC(C)C)CC(C)C)N(CC(F)(F)F)c1ccc(C#N)c(C(F)(F)F)c1. The summed E-state index contributed by atoms with van der Waals surface area (Å²) in [5.74, 6) is -0.465. The minimum absolute atomic E-state index is 0.0387. The average molecular weight is 465 g/mol. The van der Waals surface area contributed by atoms with E-state index in [1.165, 1.54) is 17.9 Å². The molecule has 0 heterocycles. The third kappa shape index (κ3) is 7.92. The molecule has 4 nitrogen and oxygen atoms in total. The van der Waals surface area contributed by atoms with Crippen LogP contribution in [0.1, 0.15) is 52.2 Å². The van der Waals surface area contributed by atoms with Crippen LogP contribution in [0.15, 0.2) is 18.2 Å². The molecule has 1 unspecified atom stereocenters. The Bertz CT molecular complexity index is 801. The summed E-state index contributed by atoms with van der Waals surface area (Å²) in [6.07, 6.45) is -9.73. The Morgan fingerprint density at radius 2 is 1.56 bits per heavy atom. The second-order valence-corrected chi connectivity index (χ2v) is 8.54. The van der Waals surface area contributed by atoms with Gasteiger partial charge in [0.05, 0.1) is 17.2 Å². The largest absolute Gasteiger partial charge is 0.417 e. The molecule has 0 aliphatic heterocycles. The number of carbonyl (C=O) groups is 1. The monoisotopic (exact) mass is 465 g/mol. The maximum absolute atomic E-state index is 13.4. The number of nitriles is 1. The van der Waals surface area contributed by atoms with Gasteiger partial charge in [-0.1, -0.05) is 34.6 Å². The number of alkyl halides is 6. The first-order valence-electron chi connectivity index (χ1n) is 10.3. The van der Waals surface area contributed by atoms with Crippen molar-refractivity contribution in [3.63, 3.8) is 0 Å². The summed E-state index contributed by atoms with van der Waals surface area (Å²) in [6, 6.07) is 2.45. The van der Waals surface area contributed by atoms with Crippen LogP contribution < -0.4 is 4.90 Å². The Kier molecular flexibility index (Phi) is 9.42. The second kappa shape index (κ2) is 10.9. The number of nitrogens with zero attached hydrogens (tertiary/aromatic N) is 3. The van der Waals surface area contributed by atoms with Gasteiger partial charge < -0.3 is 9.80 Å². The molecule has 0 saturated heterocycles. The summed E-state index contributed by atoms with van der Waals surface area (Å²) in [6.45, 7) is 8.01. The van der Waals surface area contributed by atoms with E-state index in [2.05, 4.69) is 0 Å². The van der Waals surface area contributed by atoms with Crippen molar-refractivity contribution in [2.24, 2.45) is 11.8 Å². The highest BCUT2D eigenvalue weighted by Gasteiger charge is 2.40. The molecule has 0 N–H and O–H groups in total. The molecule has 1 amide bonds. The molecule has 0 saturated carbocycles. The summed E-state index contributed by atoms with van der Waals surface area (Å²) >= 11 is 0. The minimum Gasteiger partial charge on any atom is -0.350 e. The zero-order valence-corrected chi connectivity index (χ0v) is 18.8. The van der Waals surface area contributed by atoms with Crippen LogP contribution in [0.5, 0.6) is 0 Å². The average Bonchev–Trinajstić information content (AvgIpc) is 2.64. The van der Waals surface area contributed by atoms with Crippen LogP contribution in [-0.2, 0) is 11.0 Å². The number of carbonyl (C=O) groups excluding carboxylic acids is 1. The first-order chi connectivity index (χ1) is 14.6.